The fourth-order valence-corrected chi connectivity index (χ4v) is 9.60. The third kappa shape index (κ3) is 12.3. The van der Waals surface area contributed by atoms with E-state index in [1.54, 1.807) is 12.1 Å². The highest BCUT2D eigenvalue weighted by Gasteiger charge is 2.40. The molecule has 5 atom stereocenters. The van der Waals surface area contributed by atoms with Crippen LogP contribution >= 0.6 is 0 Å². The Balaban J connectivity index is 1.19. The van der Waals surface area contributed by atoms with E-state index in [2.05, 4.69) is 10.2 Å². The lowest BCUT2D eigenvalue weighted by Crippen LogP contribution is -2.55. The maximum Gasteiger partial charge on any atom is 0.334 e. The van der Waals surface area contributed by atoms with E-state index in [0.29, 0.717) is 63.4 Å². The number of carbonyl (C=O) groups is 4. The SMILES string of the molecule is Cc1cccc2cc(OC(=O)[C@@H]3CCCN3C(=O)[C@H](CCS(=O)(=O)O)NC(=O)[C@@H]3CCCN3CCCC(=O)[C@@H](CC[C@@H]3CCCN3C)CCS(=O)(=O)O)ccc12. The minimum Gasteiger partial charge on any atom is -0.425 e. The lowest BCUT2D eigenvalue weighted by molar-refractivity contribution is -0.147. The van der Waals surface area contributed by atoms with E-state index in [4.69, 9.17) is 4.74 Å². The van der Waals surface area contributed by atoms with Crippen molar-refractivity contribution >= 4 is 54.6 Å². The molecule has 0 bridgehead atoms. The molecule has 3 heterocycles. The number of hydrogen-bond donors (Lipinski definition) is 3. The van der Waals surface area contributed by atoms with E-state index < -0.39 is 80.0 Å². The zero-order valence-electron chi connectivity index (χ0n) is 32.3. The van der Waals surface area contributed by atoms with Gasteiger partial charge in [0, 0.05) is 24.9 Å². The molecule has 0 spiro atoms. The number of likely N-dealkylation sites (tertiary alicyclic amines) is 3. The Morgan fingerprint density at radius 3 is 2.29 bits per heavy atom. The van der Waals surface area contributed by atoms with Gasteiger partial charge in [0.2, 0.25) is 11.8 Å². The van der Waals surface area contributed by atoms with Gasteiger partial charge in [0.25, 0.3) is 20.2 Å². The number of Topliss-reactive ketones (excluding diaryl/α,β-unsaturated/α-hetero) is 1. The number of ether oxygens (including phenoxy) is 1. The average Bonchev–Trinajstić information content (AvgIpc) is 3.91. The molecule has 17 heteroatoms. The smallest absolute Gasteiger partial charge is 0.334 e. The van der Waals surface area contributed by atoms with Gasteiger partial charge in [0.1, 0.15) is 23.6 Å². The number of carbonyl (C=O) groups excluding carboxylic acids is 4. The van der Waals surface area contributed by atoms with Crippen molar-refractivity contribution in [3.63, 3.8) is 0 Å². The summed E-state index contributed by atoms with van der Waals surface area (Å²) < 4.78 is 71.1. The number of nitrogens with zero attached hydrogens (tertiary/aromatic N) is 3. The van der Waals surface area contributed by atoms with Gasteiger partial charge in [-0.05, 0) is 133 Å². The highest BCUT2D eigenvalue weighted by atomic mass is 32.2. The molecule has 2 aromatic rings. The number of rotatable bonds is 19. The van der Waals surface area contributed by atoms with Crippen LogP contribution in [-0.2, 0) is 39.4 Å². The third-order valence-corrected chi connectivity index (χ3v) is 13.1. The van der Waals surface area contributed by atoms with Gasteiger partial charge in [-0.3, -0.25) is 28.4 Å². The van der Waals surface area contributed by atoms with Crippen LogP contribution < -0.4 is 10.1 Å². The number of ketones is 1. The molecule has 56 heavy (non-hydrogen) atoms. The first-order chi connectivity index (χ1) is 26.5. The molecule has 0 radical (unpaired) electrons. The fraction of sp³-hybridized carbons (Fsp3) is 0.641. The molecule has 3 N–H and O–H groups in total. The molecule has 0 unspecified atom stereocenters. The number of esters is 1. The predicted molar refractivity (Wildman–Crippen MR) is 210 cm³/mol. The molecule has 310 valence electrons. The van der Waals surface area contributed by atoms with Crippen molar-refractivity contribution in [2.24, 2.45) is 5.92 Å². The summed E-state index contributed by atoms with van der Waals surface area (Å²) in [5.41, 5.74) is 1.07. The maximum atomic E-state index is 14.0. The van der Waals surface area contributed by atoms with Crippen molar-refractivity contribution in [2.45, 2.75) is 108 Å². The molecule has 3 aliphatic rings. The molecule has 2 aromatic carbocycles. The number of nitrogens with one attached hydrogen (secondary N) is 1. The van der Waals surface area contributed by atoms with Gasteiger partial charge in [-0.1, -0.05) is 24.3 Å². The van der Waals surface area contributed by atoms with Gasteiger partial charge in [0.05, 0.1) is 17.5 Å². The van der Waals surface area contributed by atoms with Crippen molar-refractivity contribution in [3.05, 3.63) is 42.0 Å². The van der Waals surface area contributed by atoms with Crippen molar-refractivity contribution in [3.8, 4) is 5.75 Å². The Kier molecular flexibility index (Phi) is 15.0. The molecule has 5 rings (SSSR count). The van der Waals surface area contributed by atoms with Crippen molar-refractivity contribution in [2.75, 3.05) is 44.7 Å². The van der Waals surface area contributed by atoms with Crippen molar-refractivity contribution in [1.29, 1.82) is 0 Å². The zero-order valence-corrected chi connectivity index (χ0v) is 33.9. The van der Waals surface area contributed by atoms with Crippen LogP contribution in [0.1, 0.15) is 82.6 Å². The molecule has 3 fully saturated rings. The van der Waals surface area contributed by atoms with Crippen molar-refractivity contribution < 1.29 is 49.9 Å². The van der Waals surface area contributed by atoms with E-state index in [1.807, 2.05) is 43.1 Å². The monoisotopic (exact) mass is 820 g/mol. The van der Waals surface area contributed by atoms with E-state index in [0.717, 1.165) is 42.1 Å². The van der Waals surface area contributed by atoms with Gasteiger partial charge >= 0.3 is 5.97 Å². The predicted octanol–water partition coefficient (Wildman–Crippen LogP) is 3.39. The summed E-state index contributed by atoms with van der Waals surface area (Å²) in [6, 6.07) is 8.46. The highest BCUT2D eigenvalue weighted by molar-refractivity contribution is 7.86. The average molecular weight is 821 g/mol. The van der Waals surface area contributed by atoms with Crippen LogP contribution in [0.25, 0.3) is 10.8 Å². The fourth-order valence-electron chi connectivity index (χ4n) is 8.49. The molecule has 15 nitrogen and oxygen atoms in total. The van der Waals surface area contributed by atoms with Crippen LogP contribution in [0.3, 0.4) is 0 Å². The van der Waals surface area contributed by atoms with Gasteiger partial charge in [-0.15, -0.1) is 0 Å². The standard InChI is InChI=1S/C39H56N4O11S2/c1-27-8-3-9-29-26-31(16-17-32(27)29)54-39(47)35-12-6-23-43(35)38(46)33(19-25-56(51,52)53)40-37(45)34-11-5-21-42(34)22-7-13-36(44)28(18-24-55(48,49)50)14-15-30-10-4-20-41(30)2/h3,8-9,16-17,26,28,30,33-35H,4-7,10-15,18-25H2,1-2H3,(H,40,45)(H,48,49,50)(H,51,52,53)/t28-,30-,33-,34-,35-/m0/s1. The van der Waals surface area contributed by atoms with Crippen molar-refractivity contribution in [1.82, 2.24) is 20.0 Å². The summed E-state index contributed by atoms with van der Waals surface area (Å²) >= 11 is 0. The van der Waals surface area contributed by atoms with E-state index in [1.165, 1.54) is 4.90 Å². The van der Waals surface area contributed by atoms with Gasteiger partial charge in [-0.25, -0.2) is 4.79 Å². The Hall–Kier alpha value is -3.48. The summed E-state index contributed by atoms with van der Waals surface area (Å²) in [6.07, 6.45) is 5.54. The minimum absolute atomic E-state index is 0.0422. The largest absolute Gasteiger partial charge is 0.425 e. The summed E-state index contributed by atoms with van der Waals surface area (Å²) in [5, 5.41) is 4.62. The minimum atomic E-state index is -4.49. The van der Waals surface area contributed by atoms with E-state index in [-0.39, 0.29) is 25.2 Å². The first-order valence-corrected chi connectivity index (χ1v) is 22.9. The Labute approximate surface area is 330 Å². The third-order valence-electron chi connectivity index (χ3n) is 11.6. The Morgan fingerprint density at radius 2 is 1.57 bits per heavy atom. The van der Waals surface area contributed by atoms with Crippen LogP contribution in [-0.4, -0.2) is 133 Å². The quantitative estimate of drug-likeness (QED) is 0.106. The number of amides is 2. The summed E-state index contributed by atoms with van der Waals surface area (Å²) in [5.74, 6) is -3.34. The Bertz CT molecular complexity index is 1960. The van der Waals surface area contributed by atoms with Crippen LogP contribution in [0.15, 0.2) is 36.4 Å². The Morgan fingerprint density at radius 1 is 0.875 bits per heavy atom. The summed E-state index contributed by atoms with van der Waals surface area (Å²) in [6.45, 7) is 4.10. The maximum absolute atomic E-state index is 14.0. The number of aryl methyl sites for hydroxylation is 1. The lowest BCUT2D eigenvalue weighted by atomic mass is 9.90. The normalized spacial score (nSPS) is 22.0. The first kappa shape index (κ1) is 43.6. The van der Waals surface area contributed by atoms with Crippen LogP contribution in [0.2, 0.25) is 0 Å². The van der Waals surface area contributed by atoms with Crippen LogP contribution in [0.4, 0.5) is 0 Å². The van der Waals surface area contributed by atoms with E-state index in [9.17, 15) is 45.1 Å². The molecule has 3 saturated heterocycles. The molecular weight excluding hydrogens is 765 g/mol. The van der Waals surface area contributed by atoms with Crippen LogP contribution in [0, 0.1) is 12.8 Å². The topological polar surface area (TPSA) is 208 Å². The number of hydrogen-bond acceptors (Lipinski definition) is 11. The molecule has 0 aromatic heterocycles. The molecular formula is C39H56N4O11S2. The van der Waals surface area contributed by atoms with E-state index >= 15 is 0 Å². The molecule has 2 amide bonds. The highest BCUT2D eigenvalue weighted by Crippen LogP contribution is 2.28. The summed E-state index contributed by atoms with van der Waals surface area (Å²) in [7, 11) is -6.68. The lowest BCUT2D eigenvalue weighted by Gasteiger charge is -2.30. The second-order valence-electron chi connectivity index (χ2n) is 15.6. The zero-order chi connectivity index (χ0) is 40.6. The van der Waals surface area contributed by atoms with Gasteiger partial charge < -0.3 is 19.9 Å². The summed E-state index contributed by atoms with van der Waals surface area (Å²) in [4.78, 5) is 59.9. The molecule has 0 saturated carbocycles. The second kappa shape index (κ2) is 19.3. The second-order valence-corrected chi connectivity index (χ2v) is 18.7. The molecule has 3 aliphatic heterocycles. The number of fused-ring (bicyclic) bond motifs is 1. The van der Waals surface area contributed by atoms with Gasteiger partial charge in [0.15, 0.2) is 0 Å². The van der Waals surface area contributed by atoms with Crippen LogP contribution in [0.5, 0.6) is 5.75 Å². The van der Waals surface area contributed by atoms with Gasteiger partial charge in [-0.2, -0.15) is 16.8 Å². The number of benzene rings is 2. The first-order valence-electron chi connectivity index (χ1n) is 19.7. The molecule has 0 aliphatic carbocycles.